The Balaban J connectivity index is 1.64. The molecule has 2 aromatic carbocycles. The minimum Gasteiger partial charge on any atom is -0.338 e. The summed E-state index contributed by atoms with van der Waals surface area (Å²) in [6, 6.07) is 18.0. The molecule has 0 radical (unpaired) electrons. The van der Waals surface area contributed by atoms with Crippen LogP contribution in [0, 0.1) is 0 Å². The van der Waals surface area contributed by atoms with E-state index < -0.39 is 0 Å². The van der Waals surface area contributed by atoms with Crippen LogP contribution in [-0.4, -0.2) is 12.6 Å². The van der Waals surface area contributed by atoms with Gasteiger partial charge in [-0.2, -0.15) is 0 Å². The molecule has 22 heavy (non-hydrogen) atoms. The number of hydrogen-bond acceptors (Lipinski definition) is 1. The second kappa shape index (κ2) is 9.05. The predicted octanol–water partition coefficient (Wildman–Crippen LogP) is 4.35. The standard InChI is InChI=1S/C18H19BrN2O/c19-17-10-4-8-16(14-17)11-13-21-18(22)20-12-5-9-15-6-2-1-3-7-15/h1-4,6-8,10-11,13-14H,5,9,12H2,(H2,20,21,22)/b13-11+. The quantitative estimate of drug-likeness (QED) is 0.740. The average molecular weight is 359 g/mol. The summed E-state index contributed by atoms with van der Waals surface area (Å²) < 4.78 is 1.01. The van der Waals surface area contributed by atoms with Crippen LogP contribution in [0.3, 0.4) is 0 Å². The van der Waals surface area contributed by atoms with Crippen LogP contribution < -0.4 is 10.6 Å². The van der Waals surface area contributed by atoms with E-state index in [1.165, 1.54) is 5.56 Å². The molecule has 0 aliphatic heterocycles. The third-order valence-electron chi connectivity index (χ3n) is 3.11. The molecule has 0 spiro atoms. The summed E-state index contributed by atoms with van der Waals surface area (Å²) in [5, 5.41) is 5.54. The third kappa shape index (κ3) is 6.14. The molecule has 0 aliphatic carbocycles. The molecule has 0 aliphatic rings. The normalized spacial score (nSPS) is 10.6. The lowest BCUT2D eigenvalue weighted by Crippen LogP contribution is -2.32. The van der Waals surface area contributed by atoms with Crippen molar-refractivity contribution in [3.63, 3.8) is 0 Å². The summed E-state index contributed by atoms with van der Waals surface area (Å²) in [5.41, 5.74) is 2.32. The van der Waals surface area contributed by atoms with Crippen LogP contribution >= 0.6 is 15.9 Å². The number of nitrogens with one attached hydrogen (secondary N) is 2. The van der Waals surface area contributed by atoms with Crippen LogP contribution in [0.25, 0.3) is 6.08 Å². The molecular weight excluding hydrogens is 340 g/mol. The number of carbonyl (C=O) groups excluding carboxylic acids is 1. The fourth-order valence-electron chi connectivity index (χ4n) is 2.01. The van der Waals surface area contributed by atoms with E-state index in [1.54, 1.807) is 6.20 Å². The molecular formula is C18H19BrN2O. The molecule has 0 fully saturated rings. The van der Waals surface area contributed by atoms with Gasteiger partial charge in [0, 0.05) is 17.2 Å². The highest BCUT2D eigenvalue weighted by Crippen LogP contribution is 2.12. The fraction of sp³-hybridized carbons (Fsp3) is 0.167. The zero-order chi connectivity index (χ0) is 15.6. The van der Waals surface area contributed by atoms with Crippen LogP contribution in [0.5, 0.6) is 0 Å². The molecule has 2 amide bonds. The van der Waals surface area contributed by atoms with E-state index in [4.69, 9.17) is 0 Å². The maximum Gasteiger partial charge on any atom is 0.318 e. The average Bonchev–Trinajstić information content (AvgIpc) is 2.53. The zero-order valence-corrected chi connectivity index (χ0v) is 13.8. The van der Waals surface area contributed by atoms with Gasteiger partial charge in [-0.1, -0.05) is 58.4 Å². The first-order valence-electron chi connectivity index (χ1n) is 7.24. The second-order valence-electron chi connectivity index (χ2n) is 4.88. The summed E-state index contributed by atoms with van der Waals surface area (Å²) >= 11 is 3.41. The van der Waals surface area contributed by atoms with Gasteiger partial charge in [0.15, 0.2) is 0 Å². The lowest BCUT2D eigenvalue weighted by Gasteiger charge is -2.04. The Kier molecular flexibility index (Phi) is 6.71. The molecule has 2 rings (SSSR count). The highest BCUT2D eigenvalue weighted by atomic mass is 79.9. The van der Waals surface area contributed by atoms with Gasteiger partial charge in [-0.3, -0.25) is 0 Å². The number of aryl methyl sites for hydroxylation is 1. The molecule has 2 N–H and O–H groups in total. The highest BCUT2D eigenvalue weighted by molar-refractivity contribution is 9.10. The SMILES string of the molecule is O=C(N/C=C/c1cccc(Br)c1)NCCCc1ccccc1. The van der Waals surface area contributed by atoms with Crippen molar-refractivity contribution in [3.8, 4) is 0 Å². The van der Waals surface area contributed by atoms with Crippen molar-refractivity contribution in [1.29, 1.82) is 0 Å². The number of urea groups is 1. The van der Waals surface area contributed by atoms with Crippen molar-refractivity contribution in [1.82, 2.24) is 10.6 Å². The Morgan fingerprint density at radius 2 is 1.91 bits per heavy atom. The maximum absolute atomic E-state index is 11.6. The lowest BCUT2D eigenvalue weighted by molar-refractivity contribution is 0.244. The zero-order valence-electron chi connectivity index (χ0n) is 12.3. The maximum atomic E-state index is 11.6. The van der Waals surface area contributed by atoms with E-state index in [0.717, 1.165) is 22.9 Å². The Labute approximate surface area is 139 Å². The van der Waals surface area contributed by atoms with Gasteiger partial charge in [-0.05, 0) is 42.2 Å². The molecule has 3 nitrogen and oxygen atoms in total. The highest BCUT2D eigenvalue weighted by Gasteiger charge is 1.97. The van der Waals surface area contributed by atoms with E-state index in [2.05, 4.69) is 38.7 Å². The van der Waals surface area contributed by atoms with Crippen molar-refractivity contribution in [2.75, 3.05) is 6.54 Å². The van der Waals surface area contributed by atoms with E-state index in [0.29, 0.717) is 6.54 Å². The Bertz CT molecular complexity index is 626. The summed E-state index contributed by atoms with van der Waals surface area (Å²) in [5.74, 6) is 0. The van der Waals surface area contributed by atoms with Gasteiger partial charge >= 0.3 is 6.03 Å². The summed E-state index contributed by atoms with van der Waals surface area (Å²) in [7, 11) is 0. The first-order chi connectivity index (χ1) is 10.7. The van der Waals surface area contributed by atoms with Crippen molar-refractivity contribution in [2.45, 2.75) is 12.8 Å². The van der Waals surface area contributed by atoms with Crippen molar-refractivity contribution in [2.24, 2.45) is 0 Å². The molecule has 2 aromatic rings. The van der Waals surface area contributed by atoms with Gasteiger partial charge in [-0.25, -0.2) is 4.79 Å². The van der Waals surface area contributed by atoms with Gasteiger partial charge in [0.2, 0.25) is 0 Å². The number of carbonyl (C=O) groups is 1. The predicted molar refractivity (Wildman–Crippen MR) is 94.5 cm³/mol. The van der Waals surface area contributed by atoms with E-state index >= 15 is 0 Å². The van der Waals surface area contributed by atoms with E-state index in [1.807, 2.05) is 48.5 Å². The monoisotopic (exact) mass is 358 g/mol. The number of rotatable bonds is 6. The van der Waals surface area contributed by atoms with Gasteiger partial charge in [0.1, 0.15) is 0 Å². The van der Waals surface area contributed by atoms with Crippen LogP contribution in [0.2, 0.25) is 0 Å². The second-order valence-corrected chi connectivity index (χ2v) is 5.79. The van der Waals surface area contributed by atoms with Gasteiger partial charge in [0.25, 0.3) is 0 Å². The topological polar surface area (TPSA) is 41.1 Å². The minimum absolute atomic E-state index is 0.181. The van der Waals surface area contributed by atoms with Crippen LogP contribution in [0.4, 0.5) is 4.79 Å². The minimum atomic E-state index is -0.181. The lowest BCUT2D eigenvalue weighted by atomic mass is 10.1. The molecule has 114 valence electrons. The molecule has 0 aromatic heterocycles. The number of halogens is 1. The summed E-state index contributed by atoms with van der Waals surface area (Å²) in [4.78, 5) is 11.6. The first-order valence-corrected chi connectivity index (χ1v) is 8.04. The Morgan fingerprint density at radius 1 is 1.09 bits per heavy atom. The van der Waals surface area contributed by atoms with Gasteiger partial charge in [-0.15, -0.1) is 0 Å². The molecule has 0 saturated heterocycles. The smallest absolute Gasteiger partial charge is 0.318 e. The Morgan fingerprint density at radius 3 is 2.68 bits per heavy atom. The van der Waals surface area contributed by atoms with Crippen LogP contribution in [-0.2, 0) is 6.42 Å². The molecule has 0 bridgehead atoms. The van der Waals surface area contributed by atoms with Crippen molar-refractivity contribution >= 4 is 28.0 Å². The van der Waals surface area contributed by atoms with E-state index in [-0.39, 0.29) is 6.03 Å². The Hall–Kier alpha value is -2.07. The number of benzene rings is 2. The summed E-state index contributed by atoms with van der Waals surface area (Å²) in [6.07, 6.45) is 5.39. The van der Waals surface area contributed by atoms with Crippen molar-refractivity contribution in [3.05, 3.63) is 76.4 Å². The molecule has 0 unspecified atom stereocenters. The number of hydrogen-bond donors (Lipinski definition) is 2. The molecule has 0 atom stereocenters. The first kappa shape index (κ1) is 16.3. The van der Waals surface area contributed by atoms with Crippen LogP contribution in [0.15, 0.2) is 65.3 Å². The summed E-state index contributed by atoms with van der Waals surface area (Å²) in [6.45, 7) is 0.658. The van der Waals surface area contributed by atoms with Gasteiger partial charge < -0.3 is 10.6 Å². The van der Waals surface area contributed by atoms with Crippen molar-refractivity contribution < 1.29 is 4.79 Å². The number of amides is 2. The van der Waals surface area contributed by atoms with Gasteiger partial charge in [0.05, 0.1) is 0 Å². The third-order valence-corrected chi connectivity index (χ3v) is 3.60. The fourth-order valence-corrected chi connectivity index (χ4v) is 2.43. The van der Waals surface area contributed by atoms with Crippen LogP contribution in [0.1, 0.15) is 17.5 Å². The molecule has 0 saturated carbocycles. The largest absolute Gasteiger partial charge is 0.338 e. The molecule has 0 heterocycles. The molecule has 4 heteroatoms. The van der Waals surface area contributed by atoms with E-state index in [9.17, 15) is 4.79 Å².